The SMILES string of the molecule is COC1CCN(c2ncncc2I)C(CN)C1. The molecule has 0 aliphatic carbocycles. The van der Waals surface area contributed by atoms with E-state index in [-0.39, 0.29) is 0 Å². The molecule has 1 aromatic heterocycles. The zero-order chi connectivity index (χ0) is 12.3. The van der Waals surface area contributed by atoms with Crippen molar-refractivity contribution in [3.63, 3.8) is 0 Å². The second kappa shape index (κ2) is 5.92. The first-order chi connectivity index (χ1) is 8.26. The standard InChI is InChI=1S/C11H17IN4O/c1-17-9-2-3-16(8(4-9)5-13)11-10(12)6-14-7-15-11/h6-9H,2-5,13H2,1H3. The predicted molar refractivity (Wildman–Crippen MR) is 75.0 cm³/mol. The topological polar surface area (TPSA) is 64.3 Å². The van der Waals surface area contributed by atoms with E-state index in [1.54, 1.807) is 13.4 Å². The third kappa shape index (κ3) is 2.86. The Kier molecular flexibility index (Phi) is 4.52. The molecule has 0 saturated carbocycles. The van der Waals surface area contributed by atoms with Gasteiger partial charge in [0.1, 0.15) is 12.1 Å². The van der Waals surface area contributed by atoms with Crippen LogP contribution < -0.4 is 10.6 Å². The minimum absolute atomic E-state index is 0.303. The molecule has 0 aromatic carbocycles. The third-order valence-electron chi connectivity index (χ3n) is 3.19. The molecule has 6 heteroatoms. The van der Waals surface area contributed by atoms with Crippen LogP contribution in [0.5, 0.6) is 0 Å². The van der Waals surface area contributed by atoms with Crippen LogP contribution in [0.2, 0.25) is 0 Å². The average Bonchev–Trinajstić information content (AvgIpc) is 2.38. The molecule has 1 fully saturated rings. The summed E-state index contributed by atoms with van der Waals surface area (Å²) < 4.78 is 6.49. The Balaban J connectivity index is 2.18. The highest BCUT2D eigenvalue weighted by atomic mass is 127. The van der Waals surface area contributed by atoms with Crippen LogP contribution in [0.25, 0.3) is 0 Å². The number of methoxy groups -OCH3 is 1. The molecule has 0 amide bonds. The molecule has 17 heavy (non-hydrogen) atoms. The lowest BCUT2D eigenvalue weighted by Crippen LogP contribution is -2.49. The maximum Gasteiger partial charge on any atom is 0.145 e. The molecule has 0 bridgehead atoms. The quantitative estimate of drug-likeness (QED) is 0.827. The van der Waals surface area contributed by atoms with Crippen molar-refractivity contribution in [2.75, 3.05) is 25.1 Å². The number of halogens is 1. The molecule has 2 rings (SSSR count). The Morgan fingerprint density at radius 1 is 1.65 bits per heavy atom. The Bertz CT molecular complexity index is 376. The van der Waals surface area contributed by atoms with Gasteiger partial charge in [-0.05, 0) is 35.4 Å². The van der Waals surface area contributed by atoms with Crippen LogP contribution in [-0.2, 0) is 4.74 Å². The number of nitrogens with two attached hydrogens (primary N) is 1. The normalized spacial score (nSPS) is 25.0. The molecule has 1 saturated heterocycles. The van der Waals surface area contributed by atoms with Crippen molar-refractivity contribution in [2.24, 2.45) is 5.73 Å². The Morgan fingerprint density at radius 3 is 3.12 bits per heavy atom. The van der Waals surface area contributed by atoms with E-state index in [9.17, 15) is 0 Å². The van der Waals surface area contributed by atoms with Gasteiger partial charge in [-0.2, -0.15) is 0 Å². The molecule has 5 nitrogen and oxygen atoms in total. The largest absolute Gasteiger partial charge is 0.381 e. The van der Waals surface area contributed by atoms with Crippen LogP contribution in [0.1, 0.15) is 12.8 Å². The molecular weight excluding hydrogens is 331 g/mol. The summed E-state index contributed by atoms with van der Waals surface area (Å²) in [4.78, 5) is 10.7. The van der Waals surface area contributed by atoms with Gasteiger partial charge in [-0.25, -0.2) is 9.97 Å². The summed E-state index contributed by atoms with van der Waals surface area (Å²) in [6.07, 6.45) is 5.73. The maximum absolute atomic E-state index is 5.85. The van der Waals surface area contributed by atoms with E-state index in [1.165, 1.54) is 0 Å². The Morgan fingerprint density at radius 2 is 2.47 bits per heavy atom. The summed E-state index contributed by atoms with van der Waals surface area (Å²) in [6.45, 7) is 1.56. The van der Waals surface area contributed by atoms with Crippen molar-refractivity contribution in [1.29, 1.82) is 0 Å². The second-order valence-electron chi connectivity index (χ2n) is 4.16. The fourth-order valence-corrected chi connectivity index (χ4v) is 2.86. The van der Waals surface area contributed by atoms with E-state index in [1.807, 2.05) is 6.20 Å². The van der Waals surface area contributed by atoms with Gasteiger partial charge in [0.15, 0.2) is 0 Å². The highest BCUT2D eigenvalue weighted by molar-refractivity contribution is 14.1. The monoisotopic (exact) mass is 348 g/mol. The van der Waals surface area contributed by atoms with E-state index in [0.717, 1.165) is 28.8 Å². The number of hydrogen-bond acceptors (Lipinski definition) is 5. The highest BCUT2D eigenvalue weighted by Crippen LogP contribution is 2.27. The second-order valence-corrected chi connectivity index (χ2v) is 5.32. The van der Waals surface area contributed by atoms with Crippen LogP contribution in [0.4, 0.5) is 5.82 Å². The molecule has 2 atom stereocenters. The van der Waals surface area contributed by atoms with Gasteiger partial charge in [-0.3, -0.25) is 0 Å². The number of rotatable bonds is 3. The summed E-state index contributed by atoms with van der Waals surface area (Å²) >= 11 is 2.26. The summed E-state index contributed by atoms with van der Waals surface area (Å²) in [7, 11) is 1.77. The van der Waals surface area contributed by atoms with Crippen LogP contribution >= 0.6 is 22.6 Å². The molecule has 1 aliphatic rings. The van der Waals surface area contributed by atoms with Crippen LogP contribution in [-0.4, -0.2) is 42.3 Å². The van der Waals surface area contributed by atoms with Gasteiger partial charge in [0.05, 0.1) is 9.67 Å². The van der Waals surface area contributed by atoms with E-state index in [4.69, 9.17) is 10.5 Å². The van der Waals surface area contributed by atoms with Crippen molar-refractivity contribution in [3.05, 3.63) is 16.1 Å². The van der Waals surface area contributed by atoms with Crippen molar-refractivity contribution in [2.45, 2.75) is 25.0 Å². The van der Waals surface area contributed by atoms with Crippen molar-refractivity contribution in [1.82, 2.24) is 9.97 Å². The Hall–Kier alpha value is -0.470. The first kappa shape index (κ1) is 13.0. The van der Waals surface area contributed by atoms with Crippen molar-refractivity contribution >= 4 is 28.4 Å². The smallest absolute Gasteiger partial charge is 0.145 e. The van der Waals surface area contributed by atoms with Gasteiger partial charge in [-0.1, -0.05) is 0 Å². The molecule has 0 spiro atoms. The third-order valence-corrected chi connectivity index (χ3v) is 3.95. The predicted octanol–water partition coefficient (Wildman–Crippen LogP) is 1.02. The summed E-state index contributed by atoms with van der Waals surface area (Å²) in [6, 6.07) is 0.303. The molecule has 0 radical (unpaired) electrons. The average molecular weight is 348 g/mol. The van der Waals surface area contributed by atoms with Crippen LogP contribution in [0.3, 0.4) is 0 Å². The van der Waals surface area contributed by atoms with E-state index in [2.05, 4.69) is 37.5 Å². The number of nitrogens with zero attached hydrogens (tertiary/aromatic N) is 3. The minimum Gasteiger partial charge on any atom is -0.381 e. The fraction of sp³-hybridized carbons (Fsp3) is 0.636. The molecule has 1 aromatic rings. The summed E-state index contributed by atoms with van der Waals surface area (Å²) in [5.74, 6) is 0.991. The number of ether oxygens (including phenoxy) is 1. The van der Waals surface area contributed by atoms with E-state index < -0.39 is 0 Å². The molecule has 2 unspecified atom stereocenters. The lowest BCUT2D eigenvalue weighted by Gasteiger charge is -2.39. The van der Waals surface area contributed by atoms with Gasteiger partial charge in [0.2, 0.25) is 0 Å². The molecule has 2 N–H and O–H groups in total. The van der Waals surface area contributed by atoms with E-state index >= 15 is 0 Å². The van der Waals surface area contributed by atoms with Gasteiger partial charge in [0.25, 0.3) is 0 Å². The number of hydrogen-bond donors (Lipinski definition) is 1. The van der Waals surface area contributed by atoms with Crippen molar-refractivity contribution < 1.29 is 4.74 Å². The molecule has 94 valence electrons. The molecule has 1 aliphatic heterocycles. The van der Waals surface area contributed by atoms with Gasteiger partial charge in [-0.15, -0.1) is 0 Å². The zero-order valence-corrected chi connectivity index (χ0v) is 12.0. The first-order valence-electron chi connectivity index (χ1n) is 5.71. The van der Waals surface area contributed by atoms with Gasteiger partial charge in [0, 0.05) is 32.4 Å². The van der Waals surface area contributed by atoms with E-state index in [0.29, 0.717) is 18.7 Å². The summed E-state index contributed by atoms with van der Waals surface area (Å²) in [5.41, 5.74) is 5.85. The molecular formula is C11H17IN4O. The fourth-order valence-electron chi connectivity index (χ4n) is 2.25. The Labute approximate surface area is 115 Å². The lowest BCUT2D eigenvalue weighted by molar-refractivity contribution is 0.0707. The number of piperidine rings is 1. The number of anilines is 1. The van der Waals surface area contributed by atoms with Gasteiger partial charge < -0.3 is 15.4 Å². The maximum atomic E-state index is 5.85. The zero-order valence-electron chi connectivity index (χ0n) is 9.84. The highest BCUT2D eigenvalue weighted by Gasteiger charge is 2.29. The minimum atomic E-state index is 0.303. The van der Waals surface area contributed by atoms with Crippen LogP contribution in [0, 0.1) is 3.57 Å². The van der Waals surface area contributed by atoms with Crippen LogP contribution in [0.15, 0.2) is 12.5 Å². The molecule has 2 heterocycles. The van der Waals surface area contributed by atoms with Crippen molar-refractivity contribution in [3.8, 4) is 0 Å². The summed E-state index contributed by atoms with van der Waals surface area (Å²) in [5, 5.41) is 0. The lowest BCUT2D eigenvalue weighted by atomic mass is 9.99. The first-order valence-corrected chi connectivity index (χ1v) is 6.79. The van der Waals surface area contributed by atoms with Gasteiger partial charge >= 0.3 is 0 Å². The number of aromatic nitrogens is 2.